The highest BCUT2D eigenvalue weighted by molar-refractivity contribution is 8.01. The van der Waals surface area contributed by atoms with Crippen LogP contribution in [0.3, 0.4) is 0 Å². The van der Waals surface area contributed by atoms with E-state index in [2.05, 4.69) is 10.9 Å². The first-order chi connectivity index (χ1) is 6.09. The molecule has 7 nitrogen and oxygen atoms in total. The van der Waals surface area contributed by atoms with Crippen molar-refractivity contribution in [3.8, 4) is 0 Å². The molecule has 4 N–H and O–H groups in total. The molecule has 3 amide bonds. The number of carboxylic acids is 1. The summed E-state index contributed by atoms with van der Waals surface area (Å²) in [7, 11) is 0. The molecule has 0 bridgehead atoms. The molecule has 0 aromatic rings. The smallest absolute Gasteiger partial charge is 0.335 e. The second-order valence-electron chi connectivity index (χ2n) is 2.17. The van der Waals surface area contributed by atoms with Crippen LogP contribution in [0.5, 0.6) is 0 Å². The highest BCUT2D eigenvalue weighted by Gasteiger charge is 2.26. The Morgan fingerprint density at radius 3 is 2.77 bits per heavy atom. The SMILES string of the molecule is O=C(O)CSC1NNC(=O)NC1=O. The van der Waals surface area contributed by atoms with Crippen LogP contribution < -0.4 is 16.2 Å². The van der Waals surface area contributed by atoms with Crippen LogP contribution in [0.25, 0.3) is 0 Å². The molecule has 0 aromatic carbocycles. The number of nitrogens with one attached hydrogen (secondary N) is 3. The number of aliphatic carboxylic acids is 1. The van der Waals surface area contributed by atoms with Crippen molar-refractivity contribution in [1.29, 1.82) is 0 Å². The Morgan fingerprint density at radius 1 is 1.54 bits per heavy atom. The van der Waals surface area contributed by atoms with Gasteiger partial charge in [0.25, 0.3) is 5.91 Å². The first-order valence-electron chi connectivity index (χ1n) is 3.29. The summed E-state index contributed by atoms with van der Waals surface area (Å²) in [6.07, 6.45) is 0. The average Bonchev–Trinajstić information content (AvgIpc) is 2.02. The third kappa shape index (κ3) is 2.92. The van der Waals surface area contributed by atoms with E-state index in [1.165, 1.54) is 0 Å². The fourth-order valence-electron chi connectivity index (χ4n) is 0.677. The van der Waals surface area contributed by atoms with Gasteiger partial charge in [-0.05, 0) is 0 Å². The minimum absolute atomic E-state index is 0.207. The summed E-state index contributed by atoms with van der Waals surface area (Å²) >= 11 is 0.878. The van der Waals surface area contributed by atoms with Crippen molar-refractivity contribution in [2.45, 2.75) is 5.37 Å². The van der Waals surface area contributed by atoms with Gasteiger partial charge in [0.15, 0.2) is 5.37 Å². The largest absolute Gasteiger partial charge is 0.481 e. The molecule has 1 heterocycles. The molecule has 8 heteroatoms. The van der Waals surface area contributed by atoms with Gasteiger partial charge in [-0.15, -0.1) is 11.8 Å². The lowest BCUT2D eigenvalue weighted by molar-refractivity contribution is -0.133. The van der Waals surface area contributed by atoms with E-state index in [0.29, 0.717) is 0 Å². The molecule has 1 unspecified atom stereocenters. The average molecular weight is 205 g/mol. The number of hydrogen-bond donors (Lipinski definition) is 4. The van der Waals surface area contributed by atoms with Gasteiger partial charge in [0.2, 0.25) is 0 Å². The van der Waals surface area contributed by atoms with E-state index >= 15 is 0 Å². The van der Waals surface area contributed by atoms with Crippen molar-refractivity contribution in [1.82, 2.24) is 16.2 Å². The summed E-state index contributed by atoms with van der Waals surface area (Å²) in [6.45, 7) is 0. The zero-order chi connectivity index (χ0) is 9.84. The van der Waals surface area contributed by atoms with Gasteiger partial charge in [0.05, 0.1) is 5.75 Å². The summed E-state index contributed by atoms with van der Waals surface area (Å²) in [5.74, 6) is -1.77. The van der Waals surface area contributed by atoms with E-state index in [1.54, 1.807) is 0 Å². The number of thioether (sulfide) groups is 1. The monoisotopic (exact) mass is 205 g/mol. The second-order valence-corrected chi connectivity index (χ2v) is 3.27. The Bertz CT molecular complexity index is 256. The van der Waals surface area contributed by atoms with Crippen LogP contribution in [0.15, 0.2) is 0 Å². The Hall–Kier alpha value is -1.28. The first-order valence-corrected chi connectivity index (χ1v) is 4.34. The van der Waals surface area contributed by atoms with Crippen LogP contribution in [0.2, 0.25) is 0 Å². The van der Waals surface area contributed by atoms with E-state index in [0.717, 1.165) is 11.8 Å². The molecule has 13 heavy (non-hydrogen) atoms. The number of carbonyl (C=O) groups excluding carboxylic acids is 2. The summed E-state index contributed by atoms with van der Waals surface area (Å²) < 4.78 is 0. The van der Waals surface area contributed by atoms with E-state index in [1.807, 2.05) is 5.32 Å². The Labute approximate surface area is 77.2 Å². The fraction of sp³-hybridized carbons (Fsp3) is 0.400. The number of carbonyl (C=O) groups is 3. The van der Waals surface area contributed by atoms with Crippen LogP contribution in [0.4, 0.5) is 4.79 Å². The zero-order valence-corrected chi connectivity index (χ0v) is 7.18. The minimum atomic E-state index is -1.02. The van der Waals surface area contributed by atoms with Gasteiger partial charge in [0, 0.05) is 0 Å². The Morgan fingerprint density at radius 2 is 2.23 bits per heavy atom. The molecule has 1 aliphatic rings. The molecule has 0 aliphatic carbocycles. The lowest BCUT2D eigenvalue weighted by atomic mass is 10.5. The van der Waals surface area contributed by atoms with Crippen molar-refractivity contribution in [2.24, 2.45) is 0 Å². The lowest BCUT2D eigenvalue weighted by Gasteiger charge is -2.21. The first kappa shape index (κ1) is 9.81. The highest BCUT2D eigenvalue weighted by Crippen LogP contribution is 2.08. The Kier molecular flexibility index (Phi) is 3.09. The molecule has 1 saturated heterocycles. The minimum Gasteiger partial charge on any atom is -0.481 e. The molecule has 1 aliphatic heterocycles. The van der Waals surface area contributed by atoms with E-state index in [9.17, 15) is 14.4 Å². The predicted octanol–water partition coefficient (Wildman–Crippen LogP) is -1.53. The van der Waals surface area contributed by atoms with Crippen LogP contribution in [0.1, 0.15) is 0 Å². The normalized spacial score (nSPS) is 22.0. The van der Waals surface area contributed by atoms with E-state index < -0.39 is 23.3 Å². The number of hydrogen-bond acceptors (Lipinski definition) is 5. The van der Waals surface area contributed by atoms with Gasteiger partial charge in [-0.2, -0.15) is 0 Å². The molecule has 0 saturated carbocycles. The van der Waals surface area contributed by atoms with E-state index in [-0.39, 0.29) is 5.75 Å². The molecule has 0 aromatic heterocycles. The Balaban J connectivity index is 2.38. The van der Waals surface area contributed by atoms with Crippen molar-refractivity contribution in [2.75, 3.05) is 5.75 Å². The molecule has 1 atom stereocenters. The van der Waals surface area contributed by atoms with Crippen molar-refractivity contribution >= 4 is 29.7 Å². The molecule has 72 valence electrons. The number of amides is 3. The van der Waals surface area contributed by atoms with Gasteiger partial charge < -0.3 is 5.11 Å². The second kappa shape index (κ2) is 4.10. The molecule has 0 radical (unpaired) electrons. The van der Waals surface area contributed by atoms with Crippen LogP contribution in [-0.2, 0) is 9.59 Å². The van der Waals surface area contributed by atoms with Crippen molar-refractivity contribution in [3.05, 3.63) is 0 Å². The molecular formula is C5H7N3O4S. The maximum Gasteiger partial charge on any atom is 0.335 e. The van der Waals surface area contributed by atoms with Gasteiger partial charge in [-0.3, -0.25) is 20.3 Å². The number of rotatable bonds is 3. The quantitative estimate of drug-likeness (QED) is 0.445. The molecular weight excluding hydrogens is 198 g/mol. The van der Waals surface area contributed by atoms with E-state index in [4.69, 9.17) is 5.11 Å². The van der Waals surface area contributed by atoms with Gasteiger partial charge >= 0.3 is 12.0 Å². The number of carboxylic acid groups (broad SMARTS) is 1. The predicted molar refractivity (Wildman–Crippen MR) is 43.7 cm³/mol. The zero-order valence-electron chi connectivity index (χ0n) is 6.36. The maximum absolute atomic E-state index is 11.0. The third-order valence-corrected chi connectivity index (χ3v) is 2.24. The maximum atomic E-state index is 11.0. The highest BCUT2D eigenvalue weighted by atomic mass is 32.2. The van der Waals surface area contributed by atoms with Crippen LogP contribution >= 0.6 is 11.8 Å². The topological polar surface area (TPSA) is 108 Å². The number of hydrazine groups is 1. The summed E-state index contributed by atoms with van der Waals surface area (Å²) in [5, 5.41) is 9.55. The molecule has 0 spiro atoms. The van der Waals surface area contributed by atoms with Gasteiger partial charge in [-0.1, -0.05) is 0 Å². The van der Waals surface area contributed by atoms with Crippen LogP contribution in [0, 0.1) is 0 Å². The summed E-state index contributed by atoms with van der Waals surface area (Å²) in [4.78, 5) is 31.6. The fourth-order valence-corrected chi connectivity index (χ4v) is 1.34. The number of urea groups is 1. The molecule has 1 rings (SSSR count). The summed E-state index contributed by atoms with van der Waals surface area (Å²) in [6, 6.07) is -0.642. The van der Waals surface area contributed by atoms with Crippen molar-refractivity contribution < 1.29 is 19.5 Å². The summed E-state index contributed by atoms with van der Waals surface area (Å²) in [5.41, 5.74) is 4.51. The number of imide groups is 1. The van der Waals surface area contributed by atoms with Gasteiger partial charge in [0.1, 0.15) is 0 Å². The molecule has 1 fully saturated rings. The van der Waals surface area contributed by atoms with Crippen molar-refractivity contribution in [3.63, 3.8) is 0 Å². The lowest BCUT2D eigenvalue weighted by Crippen LogP contribution is -2.61. The standard InChI is InChI=1S/C5H7N3O4S/c9-2(10)1-13-4-3(11)6-5(12)8-7-4/h4,7H,1H2,(H,9,10)(H2,6,8,11,12). The third-order valence-electron chi connectivity index (χ3n) is 1.17. The van der Waals surface area contributed by atoms with Crippen LogP contribution in [-0.4, -0.2) is 34.1 Å². The van der Waals surface area contributed by atoms with Gasteiger partial charge in [-0.25, -0.2) is 10.2 Å².